The zero-order valence-corrected chi connectivity index (χ0v) is 11.6. The molecule has 1 N–H and O–H groups in total. The van der Waals surface area contributed by atoms with E-state index in [1.165, 1.54) is 0 Å². The third-order valence-corrected chi connectivity index (χ3v) is 3.61. The van der Waals surface area contributed by atoms with Crippen molar-refractivity contribution in [1.29, 1.82) is 0 Å². The topological polar surface area (TPSA) is 64.1 Å². The molecule has 0 unspecified atom stereocenters. The van der Waals surface area contributed by atoms with Crippen molar-refractivity contribution in [3.63, 3.8) is 0 Å². The average molecular weight is 263 g/mol. The molecule has 0 spiro atoms. The van der Waals surface area contributed by atoms with E-state index >= 15 is 0 Å². The number of esters is 1. The molecule has 0 radical (unpaired) electrons. The summed E-state index contributed by atoms with van der Waals surface area (Å²) in [7, 11) is 0. The second-order valence-corrected chi connectivity index (χ2v) is 5.35. The molecule has 0 aliphatic carbocycles. The summed E-state index contributed by atoms with van der Waals surface area (Å²) in [5.74, 6) is 0.444. The van der Waals surface area contributed by atoms with Gasteiger partial charge in [-0.1, -0.05) is 6.92 Å². The molecule has 5 nitrogen and oxygen atoms in total. The lowest BCUT2D eigenvalue weighted by atomic mass is 9.78. The number of hydrogen-bond donors (Lipinski definition) is 1. The van der Waals surface area contributed by atoms with Gasteiger partial charge in [0.25, 0.3) is 0 Å². The molecule has 1 saturated heterocycles. The van der Waals surface area contributed by atoms with Gasteiger partial charge in [0, 0.05) is 18.8 Å². The zero-order valence-electron chi connectivity index (χ0n) is 11.6. The largest absolute Gasteiger partial charge is 0.462 e. The van der Waals surface area contributed by atoms with Crippen LogP contribution in [0.5, 0.6) is 0 Å². The van der Waals surface area contributed by atoms with Crippen LogP contribution in [-0.4, -0.2) is 35.6 Å². The molecule has 2 rings (SSSR count). The molecular formula is C14H21N3O2. The van der Waals surface area contributed by atoms with Crippen LogP contribution in [0.4, 0.5) is 0 Å². The minimum atomic E-state index is -0.359. The van der Waals surface area contributed by atoms with E-state index in [0.717, 1.165) is 38.2 Å². The molecule has 1 aliphatic heterocycles. The highest BCUT2D eigenvalue weighted by Crippen LogP contribution is 2.30. The predicted octanol–water partition coefficient (Wildman–Crippen LogP) is 1.59. The Morgan fingerprint density at radius 3 is 2.58 bits per heavy atom. The minimum absolute atomic E-state index is 0.261. The zero-order chi connectivity index (χ0) is 13.7. The van der Waals surface area contributed by atoms with Crippen LogP contribution in [0, 0.1) is 5.41 Å². The summed E-state index contributed by atoms with van der Waals surface area (Å²) in [5, 5.41) is 3.36. The summed E-state index contributed by atoms with van der Waals surface area (Å²) in [6.07, 6.45) is 6.25. The van der Waals surface area contributed by atoms with E-state index in [2.05, 4.69) is 22.2 Å². The first-order valence-electron chi connectivity index (χ1n) is 6.82. The van der Waals surface area contributed by atoms with E-state index < -0.39 is 0 Å². The van der Waals surface area contributed by atoms with Gasteiger partial charge in [0.1, 0.15) is 5.82 Å². The molecule has 0 atom stereocenters. The number of nitrogens with zero attached hydrogens (tertiary/aromatic N) is 2. The lowest BCUT2D eigenvalue weighted by Gasteiger charge is -2.33. The summed E-state index contributed by atoms with van der Waals surface area (Å²) in [6, 6.07) is 0. The quantitative estimate of drug-likeness (QED) is 0.836. The number of nitrogens with one attached hydrogen (secondary N) is 1. The first kappa shape index (κ1) is 13.9. The van der Waals surface area contributed by atoms with Crippen LogP contribution in [-0.2, 0) is 11.2 Å². The summed E-state index contributed by atoms with van der Waals surface area (Å²) >= 11 is 0. The number of hydrogen-bond acceptors (Lipinski definition) is 5. The summed E-state index contributed by atoms with van der Waals surface area (Å²) in [6.45, 7) is 6.53. The monoisotopic (exact) mass is 263 g/mol. The number of carbonyl (C=O) groups excluding carboxylic acids is 1. The Morgan fingerprint density at radius 1 is 1.37 bits per heavy atom. The van der Waals surface area contributed by atoms with Gasteiger partial charge in [-0.2, -0.15) is 0 Å². The molecule has 0 bridgehead atoms. The first-order chi connectivity index (χ1) is 9.13. The van der Waals surface area contributed by atoms with E-state index in [9.17, 15) is 4.79 Å². The van der Waals surface area contributed by atoms with Crippen LogP contribution in [0.2, 0.25) is 0 Å². The standard InChI is InChI=1S/C14H21N3O2/c1-3-19-13(18)11-9-16-12(17-10-11)8-14(2)4-6-15-7-5-14/h9-10,15H,3-8H2,1-2H3. The molecule has 1 fully saturated rings. The fourth-order valence-electron chi connectivity index (χ4n) is 2.35. The molecule has 5 heteroatoms. The fourth-order valence-corrected chi connectivity index (χ4v) is 2.35. The van der Waals surface area contributed by atoms with Gasteiger partial charge in [-0.15, -0.1) is 0 Å². The van der Waals surface area contributed by atoms with Gasteiger partial charge in [-0.05, 0) is 38.3 Å². The van der Waals surface area contributed by atoms with E-state index in [0.29, 0.717) is 12.2 Å². The van der Waals surface area contributed by atoms with Gasteiger partial charge < -0.3 is 10.1 Å². The van der Waals surface area contributed by atoms with Crippen LogP contribution in [0.1, 0.15) is 42.9 Å². The summed E-state index contributed by atoms with van der Waals surface area (Å²) in [5.41, 5.74) is 0.678. The highest BCUT2D eigenvalue weighted by Gasteiger charge is 2.28. The first-order valence-corrected chi connectivity index (χ1v) is 6.82. The maximum Gasteiger partial charge on any atom is 0.341 e. The molecule has 0 aromatic carbocycles. The van der Waals surface area contributed by atoms with Crippen molar-refractivity contribution in [3.05, 3.63) is 23.8 Å². The van der Waals surface area contributed by atoms with Crippen molar-refractivity contribution in [3.8, 4) is 0 Å². The Bertz CT molecular complexity index is 425. The fraction of sp³-hybridized carbons (Fsp3) is 0.643. The minimum Gasteiger partial charge on any atom is -0.462 e. The molecule has 1 aliphatic rings. The Hall–Kier alpha value is -1.49. The average Bonchev–Trinajstić information content (AvgIpc) is 2.40. The van der Waals surface area contributed by atoms with Crippen LogP contribution >= 0.6 is 0 Å². The highest BCUT2D eigenvalue weighted by atomic mass is 16.5. The van der Waals surface area contributed by atoms with Crippen LogP contribution in [0.25, 0.3) is 0 Å². The number of carbonyl (C=O) groups is 1. The lowest BCUT2D eigenvalue weighted by molar-refractivity contribution is 0.0525. The van der Waals surface area contributed by atoms with Crippen LogP contribution in [0.15, 0.2) is 12.4 Å². The Kier molecular flexibility index (Phi) is 4.47. The Morgan fingerprint density at radius 2 is 2.00 bits per heavy atom. The second-order valence-electron chi connectivity index (χ2n) is 5.35. The highest BCUT2D eigenvalue weighted by molar-refractivity contribution is 5.88. The predicted molar refractivity (Wildman–Crippen MR) is 71.9 cm³/mol. The van der Waals surface area contributed by atoms with Gasteiger partial charge in [0.2, 0.25) is 0 Å². The van der Waals surface area contributed by atoms with Gasteiger partial charge in [-0.25, -0.2) is 14.8 Å². The van der Waals surface area contributed by atoms with Gasteiger partial charge in [0.15, 0.2) is 0 Å². The van der Waals surface area contributed by atoms with Crippen molar-refractivity contribution < 1.29 is 9.53 Å². The van der Waals surface area contributed by atoms with E-state index in [-0.39, 0.29) is 11.4 Å². The maximum atomic E-state index is 11.5. The molecular weight excluding hydrogens is 242 g/mol. The van der Waals surface area contributed by atoms with Crippen molar-refractivity contribution in [2.75, 3.05) is 19.7 Å². The number of rotatable bonds is 4. The SMILES string of the molecule is CCOC(=O)c1cnc(CC2(C)CCNCC2)nc1. The summed E-state index contributed by atoms with van der Waals surface area (Å²) in [4.78, 5) is 20.1. The van der Waals surface area contributed by atoms with Gasteiger partial charge in [0.05, 0.1) is 12.2 Å². The molecule has 19 heavy (non-hydrogen) atoms. The number of piperidine rings is 1. The molecule has 0 amide bonds. The summed E-state index contributed by atoms with van der Waals surface area (Å²) < 4.78 is 4.91. The molecule has 2 heterocycles. The molecule has 0 saturated carbocycles. The maximum absolute atomic E-state index is 11.5. The molecule has 104 valence electrons. The second kappa shape index (κ2) is 6.10. The van der Waals surface area contributed by atoms with E-state index in [1.807, 2.05) is 0 Å². The van der Waals surface area contributed by atoms with Crippen molar-refractivity contribution >= 4 is 5.97 Å². The van der Waals surface area contributed by atoms with Crippen molar-refractivity contribution in [1.82, 2.24) is 15.3 Å². The molecule has 1 aromatic rings. The third kappa shape index (κ3) is 3.73. The van der Waals surface area contributed by atoms with Crippen molar-refractivity contribution in [2.45, 2.75) is 33.1 Å². The van der Waals surface area contributed by atoms with Crippen LogP contribution in [0.3, 0.4) is 0 Å². The number of aromatic nitrogens is 2. The van der Waals surface area contributed by atoms with E-state index in [1.54, 1.807) is 19.3 Å². The Balaban J connectivity index is 2.00. The van der Waals surface area contributed by atoms with Gasteiger partial charge in [-0.3, -0.25) is 0 Å². The molecule has 1 aromatic heterocycles. The van der Waals surface area contributed by atoms with Crippen LogP contribution < -0.4 is 5.32 Å². The lowest BCUT2D eigenvalue weighted by Crippen LogP contribution is -2.36. The smallest absolute Gasteiger partial charge is 0.341 e. The Labute approximate surface area is 113 Å². The van der Waals surface area contributed by atoms with E-state index in [4.69, 9.17) is 4.74 Å². The number of ether oxygens (including phenoxy) is 1. The normalized spacial score (nSPS) is 18.0. The van der Waals surface area contributed by atoms with Crippen molar-refractivity contribution in [2.24, 2.45) is 5.41 Å². The third-order valence-electron chi connectivity index (χ3n) is 3.61. The van der Waals surface area contributed by atoms with Gasteiger partial charge >= 0.3 is 5.97 Å².